The van der Waals surface area contributed by atoms with Crippen LogP contribution in [0.1, 0.15) is 37.7 Å². The van der Waals surface area contributed by atoms with Crippen LogP contribution in [0.25, 0.3) is 0 Å². The first-order valence-electron chi connectivity index (χ1n) is 8.81. The molecule has 0 aliphatic heterocycles. The highest BCUT2D eigenvalue weighted by Gasteiger charge is 2.15. The maximum atomic E-state index is 12.6. The van der Waals surface area contributed by atoms with Crippen LogP contribution < -0.4 is 10.6 Å². The van der Waals surface area contributed by atoms with E-state index in [1.807, 2.05) is 50.2 Å². The smallest absolute Gasteiger partial charge is 0.274 e. The number of carbonyl (C=O) groups is 2. The molecule has 2 N–H and O–H groups in total. The van der Waals surface area contributed by atoms with E-state index in [1.54, 1.807) is 24.3 Å². The second kappa shape index (κ2) is 8.67. The predicted octanol–water partition coefficient (Wildman–Crippen LogP) is 4.53. The summed E-state index contributed by atoms with van der Waals surface area (Å²) in [6.07, 6.45) is 0. The number of anilines is 1. The lowest BCUT2D eigenvalue weighted by Gasteiger charge is -2.12. The quantitative estimate of drug-likeness (QED) is 0.668. The number of pyridine rings is 1. The molecule has 5 nitrogen and oxygen atoms in total. The molecule has 0 bridgehead atoms. The Morgan fingerprint density at radius 1 is 0.929 bits per heavy atom. The van der Waals surface area contributed by atoms with Crippen LogP contribution in [0.15, 0.2) is 60.7 Å². The van der Waals surface area contributed by atoms with E-state index in [1.165, 1.54) is 0 Å². The number of hydrogen-bond donors (Lipinski definition) is 2. The van der Waals surface area contributed by atoms with E-state index in [-0.39, 0.29) is 17.3 Å². The monoisotopic (exact) mass is 393 g/mol. The van der Waals surface area contributed by atoms with Crippen LogP contribution in [0.3, 0.4) is 0 Å². The number of halogens is 1. The first-order chi connectivity index (χ1) is 13.4. The number of amides is 2. The van der Waals surface area contributed by atoms with E-state index >= 15 is 0 Å². The second-order valence-electron chi connectivity index (χ2n) is 6.47. The molecular weight excluding hydrogens is 374 g/mol. The number of benzene rings is 2. The van der Waals surface area contributed by atoms with Gasteiger partial charge >= 0.3 is 0 Å². The topological polar surface area (TPSA) is 71.1 Å². The van der Waals surface area contributed by atoms with Crippen LogP contribution in [0.4, 0.5) is 5.69 Å². The van der Waals surface area contributed by atoms with Gasteiger partial charge in [-0.05, 0) is 48.7 Å². The van der Waals surface area contributed by atoms with Gasteiger partial charge in [0.25, 0.3) is 11.8 Å². The summed E-state index contributed by atoms with van der Waals surface area (Å²) in [6, 6.07) is 18.0. The van der Waals surface area contributed by atoms with Crippen molar-refractivity contribution in [1.29, 1.82) is 0 Å². The van der Waals surface area contributed by atoms with Crippen molar-refractivity contribution >= 4 is 29.1 Å². The van der Waals surface area contributed by atoms with E-state index < -0.39 is 5.91 Å². The van der Waals surface area contributed by atoms with E-state index in [4.69, 9.17) is 11.6 Å². The third-order valence-electron chi connectivity index (χ3n) is 4.18. The van der Waals surface area contributed by atoms with Crippen molar-refractivity contribution in [3.05, 3.63) is 93.8 Å². The molecule has 1 heterocycles. The molecule has 3 aromatic rings. The first-order valence-corrected chi connectivity index (χ1v) is 9.19. The third-order valence-corrected chi connectivity index (χ3v) is 4.48. The molecule has 0 saturated carbocycles. The van der Waals surface area contributed by atoms with Gasteiger partial charge in [0.2, 0.25) is 0 Å². The minimum atomic E-state index is -0.424. The summed E-state index contributed by atoms with van der Waals surface area (Å²) in [7, 11) is 0. The molecule has 0 saturated heterocycles. The Morgan fingerprint density at radius 2 is 1.61 bits per heavy atom. The predicted molar refractivity (Wildman–Crippen MR) is 111 cm³/mol. The number of carbonyl (C=O) groups excluding carboxylic acids is 2. The largest absolute Gasteiger partial charge is 0.347 e. The van der Waals surface area contributed by atoms with Crippen molar-refractivity contribution in [2.45, 2.75) is 20.4 Å². The average Bonchev–Trinajstić information content (AvgIpc) is 2.69. The van der Waals surface area contributed by atoms with E-state index in [2.05, 4.69) is 15.6 Å². The maximum Gasteiger partial charge on any atom is 0.274 e. The highest BCUT2D eigenvalue weighted by Crippen LogP contribution is 2.27. The summed E-state index contributed by atoms with van der Waals surface area (Å²) >= 11 is 6.25. The molecule has 3 rings (SSSR count). The third kappa shape index (κ3) is 4.75. The SMILES string of the molecule is Cc1cc(C)c(NC(=O)c2cccc(C(=O)NCc3ccccc3)n2)c(Cl)c1. The minimum Gasteiger partial charge on any atom is -0.347 e. The zero-order chi connectivity index (χ0) is 20.1. The highest BCUT2D eigenvalue weighted by atomic mass is 35.5. The fraction of sp³-hybridized carbons (Fsp3) is 0.136. The van der Waals surface area contributed by atoms with Gasteiger partial charge in [0.1, 0.15) is 11.4 Å². The molecule has 2 amide bonds. The second-order valence-corrected chi connectivity index (χ2v) is 6.88. The summed E-state index contributed by atoms with van der Waals surface area (Å²) in [6.45, 7) is 4.19. The molecule has 0 atom stereocenters. The fourth-order valence-corrected chi connectivity index (χ4v) is 3.18. The average molecular weight is 394 g/mol. The van der Waals surface area contributed by atoms with Crippen LogP contribution in [0.5, 0.6) is 0 Å². The molecule has 1 aromatic heterocycles. The van der Waals surface area contributed by atoms with Crippen LogP contribution in [0, 0.1) is 13.8 Å². The van der Waals surface area contributed by atoms with Gasteiger partial charge in [-0.25, -0.2) is 4.98 Å². The summed E-state index contributed by atoms with van der Waals surface area (Å²) in [5, 5.41) is 6.04. The lowest BCUT2D eigenvalue weighted by Crippen LogP contribution is -2.25. The molecule has 142 valence electrons. The number of nitrogens with one attached hydrogen (secondary N) is 2. The first kappa shape index (κ1) is 19.6. The summed E-state index contributed by atoms with van der Waals surface area (Å²) in [4.78, 5) is 29.2. The highest BCUT2D eigenvalue weighted by molar-refractivity contribution is 6.34. The molecule has 2 aromatic carbocycles. The summed E-state index contributed by atoms with van der Waals surface area (Å²) in [5.41, 5.74) is 3.71. The van der Waals surface area contributed by atoms with Crippen LogP contribution in [-0.4, -0.2) is 16.8 Å². The molecular formula is C22H20ClN3O2. The summed E-state index contributed by atoms with van der Waals surface area (Å²) in [5.74, 6) is -0.769. The number of aryl methyl sites for hydroxylation is 2. The fourth-order valence-electron chi connectivity index (χ4n) is 2.81. The van der Waals surface area contributed by atoms with Crippen molar-refractivity contribution in [3.63, 3.8) is 0 Å². The van der Waals surface area contributed by atoms with Crippen molar-refractivity contribution in [2.24, 2.45) is 0 Å². The molecule has 0 fully saturated rings. The molecule has 6 heteroatoms. The molecule has 28 heavy (non-hydrogen) atoms. The number of nitrogens with zero attached hydrogens (tertiary/aromatic N) is 1. The Bertz CT molecular complexity index is 996. The van der Waals surface area contributed by atoms with Crippen molar-refractivity contribution in [2.75, 3.05) is 5.32 Å². The van der Waals surface area contributed by atoms with Crippen LogP contribution in [-0.2, 0) is 6.54 Å². The maximum absolute atomic E-state index is 12.6. The molecule has 0 aliphatic rings. The van der Waals surface area contributed by atoms with E-state index in [0.717, 1.165) is 16.7 Å². The molecule has 0 radical (unpaired) electrons. The van der Waals surface area contributed by atoms with Crippen molar-refractivity contribution < 1.29 is 9.59 Å². The Morgan fingerprint density at radius 3 is 2.29 bits per heavy atom. The van der Waals surface area contributed by atoms with Crippen molar-refractivity contribution in [3.8, 4) is 0 Å². The molecule has 0 spiro atoms. The van der Waals surface area contributed by atoms with Gasteiger partial charge in [0, 0.05) is 6.54 Å². The van der Waals surface area contributed by atoms with E-state index in [0.29, 0.717) is 17.3 Å². The van der Waals surface area contributed by atoms with Gasteiger partial charge < -0.3 is 10.6 Å². The van der Waals surface area contributed by atoms with Crippen LogP contribution >= 0.6 is 11.6 Å². The zero-order valence-electron chi connectivity index (χ0n) is 15.6. The van der Waals surface area contributed by atoms with Gasteiger partial charge in [-0.2, -0.15) is 0 Å². The molecule has 0 aliphatic carbocycles. The molecule has 0 unspecified atom stereocenters. The van der Waals surface area contributed by atoms with Crippen LogP contribution in [0.2, 0.25) is 5.02 Å². The van der Waals surface area contributed by atoms with Gasteiger partial charge in [0.05, 0.1) is 10.7 Å². The lowest BCUT2D eigenvalue weighted by molar-refractivity contribution is 0.0945. The Labute approximate surface area is 168 Å². The van der Waals surface area contributed by atoms with Gasteiger partial charge in [-0.15, -0.1) is 0 Å². The number of rotatable bonds is 5. The zero-order valence-corrected chi connectivity index (χ0v) is 16.4. The Hall–Kier alpha value is -3.18. The number of hydrogen-bond acceptors (Lipinski definition) is 3. The minimum absolute atomic E-state index is 0.142. The number of aromatic nitrogens is 1. The van der Waals surface area contributed by atoms with Crippen molar-refractivity contribution in [1.82, 2.24) is 10.3 Å². The van der Waals surface area contributed by atoms with Gasteiger partial charge in [-0.1, -0.05) is 54.1 Å². The lowest BCUT2D eigenvalue weighted by atomic mass is 10.1. The summed E-state index contributed by atoms with van der Waals surface area (Å²) < 4.78 is 0. The Kier molecular flexibility index (Phi) is 6.06. The van der Waals surface area contributed by atoms with Gasteiger partial charge in [0.15, 0.2) is 0 Å². The normalized spacial score (nSPS) is 10.4. The standard InChI is InChI=1S/C22H20ClN3O2/c1-14-11-15(2)20(17(23)12-14)26-22(28)19-10-6-9-18(25-19)21(27)24-13-16-7-4-3-5-8-16/h3-12H,13H2,1-2H3,(H,24,27)(H,26,28). The van der Waals surface area contributed by atoms with E-state index in [9.17, 15) is 9.59 Å². The Balaban J connectivity index is 1.72. The van der Waals surface area contributed by atoms with Gasteiger partial charge in [-0.3, -0.25) is 9.59 Å².